The van der Waals surface area contributed by atoms with Crippen molar-refractivity contribution in [2.45, 2.75) is 25.7 Å². The number of nitrogens with one attached hydrogen (secondary N) is 1. The molecule has 1 aliphatic rings. The lowest BCUT2D eigenvalue weighted by Gasteiger charge is -2.15. The number of rotatable bonds is 3. The second-order valence-corrected chi connectivity index (χ2v) is 4.42. The lowest BCUT2D eigenvalue weighted by atomic mass is 10.0. The number of nitrogens with zero attached hydrogens (tertiary/aromatic N) is 1. The first kappa shape index (κ1) is 13.7. The van der Waals surface area contributed by atoms with E-state index in [2.05, 4.69) is 22.9 Å². The van der Waals surface area contributed by atoms with Gasteiger partial charge in [-0.25, -0.2) is 0 Å². The monoisotopic (exact) mass is 234 g/mol. The predicted octanol–water partition coefficient (Wildman–Crippen LogP) is 2.23. The fraction of sp³-hybridized carbons (Fsp3) is 0.500. The summed E-state index contributed by atoms with van der Waals surface area (Å²) < 4.78 is 0. The topological polar surface area (TPSA) is 32.3 Å². The van der Waals surface area contributed by atoms with Gasteiger partial charge in [-0.3, -0.25) is 9.69 Å². The highest BCUT2D eigenvalue weighted by Gasteiger charge is 2.06. The van der Waals surface area contributed by atoms with E-state index < -0.39 is 0 Å². The predicted molar refractivity (Wildman–Crippen MR) is 71.5 cm³/mol. The summed E-state index contributed by atoms with van der Waals surface area (Å²) in [6.45, 7) is 5.17. The van der Waals surface area contributed by atoms with E-state index in [-0.39, 0.29) is 5.91 Å². The molecular formula is C14H22N2O. The normalized spacial score (nSPS) is 24.1. The average Bonchev–Trinajstić information content (AvgIpc) is 2.32. The quantitative estimate of drug-likeness (QED) is 0.760. The van der Waals surface area contributed by atoms with E-state index in [1.165, 1.54) is 5.57 Å². The third-order valence-electron chi connectivity index (χ3n) is 2.79. The van der Waals surface area contributed by atoms with Crippen LogP contribution in [0.2, 0.25) is 0 Å². The van der Waals surface area contributed by atoms with Gasteiger partial charge in [0, 0.05) is 6.20 Å². The molecule has 0 aromatic heterocycles. The van der Waals surface area contributed by atoms with E-state index in [0.29, 0.717) is 6.54 Å². The van der Waals surface area contributed by atoms with Crippen molar-refractivity contribution in [1.82, 2.24) is 10.2 Å². The van der Waals surface area contributed by atoms with Gasteiger partial charge < -0.3 is 5.32 Å². The number of hydrogen-bond donors (Lipinski definition) is 1. The van der Waals surface area contributed by atoms with Gasteiger partial charge in [-0.2, -0.15) is 0 Å². The van der Waals surface area contributed by atoms with Crippen molar-refractivity contribution in [2.75, 3.05) is 20.1 Å². The summed E-state index contributed by atoms with van der Waals surface area (Å²) in [7, 11) is 1.98. The molecule has 1 N–H and O–H groups in total. The Hall–Kier alpha value is -1.35. The van der Waals surface area contributed by atoms with Crippen molar-refractivity contribution in [2.24, 2.45) is 0 Å². The molecule has 0 fully saturated rings. The molecule has 0 radical (unpaired) electrons. The van der Waals surface area contributed by atoms with Gasteiger partial charge in [0.15, 0.2) is 0 Å². The van der Waals surface area contributed by atoms with Crippen LogP contribution in [0.15, 0.2) is 36.6 Å². The molecule has 0 saturated heterocycles. The third-order valence-corrected chi connectivity index (χ3v) is 2.79. The zero-order valence-electron chi connectivity index (χ0n) is 10.6. The Kier molecular flexibility index (Phi) is 6.33. The van der Waals surface area contributed by atoms with Crippen LogP contribution in [0.25, 0.3) is 0 Å². The number of amides is 1. The van der Waals surface area contributed by atoms with Gasteiger partial charge in [0.25, 0.3) is 0 Å². The largest absolute Gasteiger partial charge is 0.332 e. The molecule has 1 heterocycles. The van der Waals surface area contributed by atoms with Crippen LogP contribution in [-0.4, -0.2) is 30.9 Å². The van der Waals surface area contributed by atoms with Crippen molar-refractivity contribution in [3.63, 3.8) is 0 Å². The van der Waals surface area contributed by atoms with Crippen LogP contribution in [-0.2, 0) is 4.79 Å². The number of likely N-dealkylation sites (N-methyl/N-ethyl adjacent to an activating group) is 1. The molecule has 0 bridgehead atoms. The molecule has 0 spiro atoms. The highest BCUT2D eigenvalue weighted by atomic mass is 16.1. The van der Waals surface area contributed by atoms with Gasteiger partial charge in [-0.1, -0.05) is 17.7 Å². The molecule has 1 aliphatic heterocycles. The van der Waals surface area contributed by atoms with Crippen molar-refractivity contribution >= 4 is 5.91 Å². The summed E-state index contributed by atoms with van der Waals surface area (Å²) >= 11 is 0. The Labute approximate surface area is 104 Å². The lowest BCUT2D eigenvalue weighted by molar-refractivity contribution is -0.121. The Morgan fingerprint density at radius 3 is 3.18 bits per heavy atom. The SMILES string of the molecule is C=CCC/C1=C/C=C/NC(=O)CN(C)CCC1. The van der Waals surface area contributed by atoms with Crippen LogP contribution in [0.3, 0.4) is 0 Å². The third kappa shape index (κ3) is 6.07. The molecule has 0 saturated carbocycles. The van der Waals surface area contributed by atoms with E-state index >= 15 is 0 Å². The van der Waals surface area contributed by atoms with Crippen LogP contribution in [0, 0.1) is 0 Å². The van der Waals surface area contributed by atoms with Crippen LogP contribution in [0.5, 0.6) is 0 Å². The summed E-state index contributed by atoms with van der Waals surface area (Å²) in [4.78, 5) is 13.5. The molecule has 3 nitrogen and oxygen atoms in total. The maximum atomic E-state index is 11.4. The molecule has 0 unspecified atom stereocenters. The minimum atomic E-state index is 0.0479. The van der Waals surface area contributed by atoms with Crippen molar-refractivity contribution in [3.05, 3.63) is 36.6 Å². The highest BCUT2D eigenvalue weighted by molar-refractivity contribution is 5.78. The molecule has 0 aromatic carbocycles. The minimum absolute atomic E-state index is 0.0479. The first-order valence-corrected chi connectivity index (χ1v) is 6.15. The van der Waals surface area contributed by atoms with Gasteiger partial charge in [-0.05, 0) is 45.4 Å². The number of carbonyl (C=O) groups is 1. The lowest BCUT2D eigenvalue weighted by Crippen LogP contribution is -2.33. The Morgan fingerprint density at radius 2 is 2.41 bits per heavy atom. The maximum Gasteiger partial charge on any atom is 0.238 e. The standard InChI is InChI=1S/C14H22N2O/c1-3-4-7-13-8-5-10-15-14(17)12-16(2)11-6-9-13/h3,5,8,10H,1,4,6-7,9,11-12H2,2H3,(H,15,17)/b10-5+,13-8-. The van der Waals surface area contributed by atoms with Crippen molar-refractivity contribution in [3.8, 4) is 0 Å². The molecule has 0 aromatic rings. The smallest absolute Gasteiger partial charge is 0.238 e. The molecular weight excluding hydrogens is 212 g/mol. The molecule has 1 rings (SSSR count). The second kappa shape index (κ2) is 7.85. The molecule has 0 atom stereocenters. The fourth-order valence-electron chi connectivity index (χ4n) is 1.85. The van der Waals surface area contributed by atoms with Gasteiger partial charge in [0.2, 0.25) is 5.91 Å². The van der Waals surface area contributed by atoms with Crippen LogP contribution in [0.4, 0.5) is 0 Å². The zero-order valence-corrected chi connectivity index (χ0v) is 10.6. The summed E-state index contributed by atoms with van der Waals surface area (Å²) in [5, 5.41) is 2.76. The van der Waals surface area contributed by atoms with Gasteiger partial charge in [0.05, 0.1) is 6.54 Å². The summed E-state index contributed by atoms with van der Waals surface area (Å²) in [5.74, 6) is 0.0479. The second-order valence-electron chi connectivity index (χ2n) is 4.42. The fourth-order valence-corrected chi connectivity index (χ4v) is 1.85. The van der Waals surface area contributed by atoms with Gasteiger partial charge in [-0.15, -0.1) is 6.58 Å². The summed E-state index contributed by atoms with van der Waals surface area (Å²) in [6.07, 6.45) is 12.0. The molecule has 0 aliphatic carbocycles. The number of carbonyl (C=O) groups excluding carboxylic acids is 1. The highest BCUT2D eigenvalue weighted by Crippen LogP contribution is 2.13. The van der Waals surface area contributed by atoms with E-state index in [1.54, 1.807) is 6.20 Å². The summed E-state index contributed by atoms with van der Waals surface area (Å²) in [5.41, 5.74) is 1.42. The Morgan fingerprint density at radius 1 is 1.59 bits per heavy atom. The van der Waals surface area contributed by atoms with E-state index in [0.717, 1.165) is 32.2 Å². The van der Waals surface area contributed by atoms with Gasteiger partial charge >= 0.3 is 0 Å². The summed E-state index contributed by atoms with van der Waals surface area (Å²) in [6, 6.07) is 0. The number of allylic oxidation sites excluding steroid dienone is 4. The van der Waals surface area contributed by atoms with Crippen LogP contribution >= 0.6 is 0 Å². The average molecular weight is 234 g/mol. The Bertz CT molecular complexity index is 318. The van der Waals surface area contributed by atoms with Crippen molar-refractivity contribution < 1.29 is 4.79 Å². The molecule has 3 heteroatoms. The molecule has 94 valence electrons. The Balaban J connectivity index is 2.59. The van der Waals surface area contributed by atoms with E-state index in [4.69, 9.17) is 0 Å². The molecule has 1 amide bonds. The first-order valence-electron chi connectivity index (χ1n) is 6.15. The zero-order chi connectivity index (χ0) is 12.5. The van der Waals surface area contributed by atoms with E-state index in [9.17, 15) is 4.79 Å². The molecule has 17 heavy (non-hydrogen) atoms. The first-order chi connectivity index (χ1) is 8.22. The van der Waals surface area contributed by atoms with Crippen LogP contribution in [0.1, 0.15) is 25.7 Å². The van der Waals surface area contributed by atoms with Crippen LogP contribution < -0.4 is 5.32 Å². The number of hydrogen-bond acceptors (Lipinski definition) is 2. The van der Waals surface area contributed by atoms with Crippen molar-refractivity contribution in [1.29, 1.82) is 0 Å². The minimum Gasteiger partial charge on any atom is -0.332 e. The van der Waals surface area contributed by atoms with E-state index in [1.807, 2.05) is 19.2 Å². The van der Waals surface area contributed by atoms with Gasteiger partial charge in [0.1, 0.15) is 0 Å². The maximum absolute atomic E-state index is 11.4.